The molecule has 0 N–H and O–H groups in total. The number of amides is 1. The van der Waals surface area contributed by atoms with Crippen molar-refractivity contribution in [2.24, 2.45) is 5.92 Å². The van der Waals surface area contributed by atoms with Crippen LogP contribution in [0.15, 0.2) is 47.4 Å². The monoisotopic (exact) mass is 663 g/mol. The van der Waals surface area contributed by atoms with Crippen LogP contribution >= 0.6 is 0 Å². The van der Waals surface area contributed by atoms with E-state index < -0.39 is 94.8 Å². The number of alkyl halides is 6. The normalized spacial score (nSPS) is 22.1. The number of halogens is 8. The van der Waals surface area contributed by atoms with Crippen LogP contribution in [0.2, 0.25) is 0 Å². The van der Waals surface area contributed by atoms with Gasteiger partial charge in [-0.15, -0.1) is 0 Å². The fraction of sp³-hybridized carbons (Fsp3) is 0.500. The van der Waals surface area contributed by atoms with E-state index in [4.69, 9.17) is 0 Å². The number of carbonyl (C=O) groups excluding carboxylic acids is 1. The standard InChI is InChI=1S/C26H25F8NO6S2/c1-41-24(25(29,30)31,26(32,33)34)20-7-2-17(14-21(20)28)23(43(39,40)19-5-3-18(27)4-6-19)10-11-35(15-23)22(36)16-8-12-42(37,38)13-9-16/h2-7,14,16H,8-13,15H2,1H3. The number of ether oxygens (including phenoxy) is 1. The van der Waals surface area contributed by atoms with E-state index in [0.717, 1.165) is 29.2 Å². The molecule has 2 fully saturated rings. The van der Waals surface area contributed by atoms with Crippen LogP contribution in [0, 0.1) is 17.6 Å². The molecular weight excluding hydrogens is 638 g/mol. The van der Waals surface area contributed by atoms with Crippen LogP contribution in [-0.4, -0.2) is 71.7 Å². The van der Waals surface area contributed by atoms with Crippen molar-refractivity contribution in [3.63, 3.8) is 0 Å². The first-order chi connectivity index (χ1) is 19.7. The summed E-state index contributed by atoms with van der Waals surface area (Å²) in [6.45, 7) is -0.944. The summed E-state index contributed by atoms with van der Waals surface area (Å²) < 4.78 is 165. The molecule has 0 spiro atoms. The lowest BCUT2D eigenvalue weighted by Gasteiger charge is -2.37. The third-order valence-electron chi connectivity index (χ3n) is 8.06. The number of benzene rings is 2. The van der Waals surface area contributed by atoms with Gasteiger partial charge in [-0.25, -0.2) is 25.6 Å². The Kier molecular flexibility index (Phi) is 8.45. The molecule has 2 saturated heterocycles. The Morgan fingerprint density at radius 1 is 0.953 bits per heavy atom. The number of sulfone groups is 2. The molecule has 2 aromatic carbocycles. The fourth-order valence-electron chi connectivity index (χ4n) is 5.71. The molecule has 2 aliphatic heterocycles. The molecule has 1 atom stereocenters. The average molecular weight is 664 g/mol. The third-order valence-corrected chi connectivity index (χ3v) is 12.3. The van der Waals surface area contributed by atoms with Gasteiger partial charge in [-0.2, -0.15) is 26.3 Å². The molecule has 238 valence electrons. The smallest absolute Gasteiger partial charge is 0.357 e. The van der Waals surface area contributed by atoms with Crippen LogP contribution < -0.4 is 0 Å². The van der Waals surface area contributed by atoms with Crippen molar-refractivity contribution in [1.29, 1.82) is 0 Å². The van der Waals surface area contributed by atoms with Crippen molar-refractivity contribution in [2.45, 2.75) is 46.9 Å². The van der Waals surface area contributed by atoms with Gasteiger partial charge in [-0.1, -0.05) is 12.1 Å². The van der Waals surface area contributed by atoms with Crippen molar-refractivity contribution in [3.05, 3.63) is 65.2 Å². The average Bonchev–Trinajstić information content (AvgIpc) is 3.36. The van der Waals surface area contributed by atoms with Gasteiger partial charge < -0.3 is 9.64 Å². The Morgan fingerprint density at radius 3 is 2.00 bits per heavy atom. The van der Waals surface area contributed by atoms with Crippen molar-refractivity contribution in [3.8, 4) is 0 Å². The highest BCUT2D eigenvalue weighted by Crippen LogP contribution is 2.54. The van der Waals surface area contributed by atoms with Crippen LogP contribution in [-0.2, 0) is 39.6 Å². The Labute approximate surface area is 241 Å². The molecule has 0 radical (unpaired) electrons. The molecule has 7 nitrogen and oxygen atoms in total. The molecule has 43 heavy (non-hydrogen) atoms. The van der Waals surface area contributed by atoms with E-state index in [1.165, 1.54) is 0 Å². The van der Waals surface area contributed by atoms with Gasteiger partial charge >= 0.3 is 12.4 Å². The zero-order valence-corrected chi connectivity index (χ0v) is 23.9. The predicted octanol–water partition coefficient (Wildman–Crippen LogP) is 4.66. The zero-order valence-electron chi connectivity index (χ0n) is 22.3. The van der Waals surface area contributed by atoms with Gasteiger partial charge in [0.15, 0.2) is 9.84 Å². The molecular formula is C26H25F8NO6S2. The Bertz CT molecular complexity index is 1580. The minimum absolute atomic E-state index is 0.0350. The lowest BCUT2D eigenvalue weighted by Crippen LogP contribution is -2.56. The number of hydrogen-bond acceptors (Lipinski definition) is 6. The molecule has 2 aliphatic rings. The van der Waals surface area contributed by atoms with Gasteiger partial charge in [0.05, 0.1) is 16.4 Å². The Morgan fingerprint density at radius 2 is 1.51 bits per heavy atom. The van der Waals surface area contributed by atoms with Crippen molar-refractivity contribution in [2.75, 3.05) is 31.7 Å². The minimum Gasteiger partial charge on any atom is -0.357 e. The largest absolute Gasteiger partial charge is 0.430 e. The van der Waals surface area contributed by atoms with E-state index >= 15 is 4.39 Å². The number of nitrogens with zero attached hydrogens (tertiary/aromatic N) is 1. The second-order valence-electron chi connectivity index (χ2n) is 10.5. The van der Waals surface area contributed by atoms with Gasteiger partial charge in [0.25, 0.3) is 5.60 Å². The van der Waals surface area contributed by atoms with Crippen molar-refractivity contribution >= 4 is 25.6 Å². The zero-order chi connectivity index (χ0) is 32.2. The first-order valence-corrected chi connectivity index (χ1v) is 16.0. The van der Waals surface area contributed by atoms with E-state index in [-0.39, 0.29) is 50.1 Å². The maximum absolute atomic E-state index is 15.4. The summed E-state index contributed by atoms with van der Waals surface area (Å²) >= 11 is 0. The summed E-state index contributed by atoms with van der Waals surface area (Å²) in [5.41, 5.74) is -7.58. The van der Waals surface area contributed by atoms with Crippen molar-refractivity contribution in [1.82, 2.24) is 4.90 Å². The van der Waals surface area contributed by atoms with Crippen LogP contribution in [0.1, 0.15) is 30.4 Å². The van der Waals surface area contributed by atoms with E-state index in [1.807, 2.05) is 0 Å². The summed E-state index contributed by atoms with van der Waals surface area (Å²) in [6.07, 6.45) is -12.9. The third kappa shape index (κ3) is 5.52. The topological polar surface area (TPSA) is 97.8 Å². The Hall–Kier alpha value is -2.79. The second kappa shape index (κ2) is 11.0. The highest BCUT2D eigenvalue weighted by Gasteiger charge is 2.74. The van der Waals surface area contributed by atoms with E-state index in [2.05, 4.69) is 4.74 Å². The number of methoxy groups -OCH3 is 1. The van der Waals surface area contributed by atoms with Crippen LogP contribution in [0.4, 0.5) is 35.1 Å². The second-order valence-corrected chi connectivity index (χ2v) is 15.0. The summed E-state index contributed by atoms with van der Waals surface area (Å²) in [4.78, 5) is 13.9. The highest BCUT2D eigenvalue weighted by molar-refractivity contribution is 7.92. The van der Waals surface area contributed by atoms with Gasteiger partial charge in [-0.3, -0.25) is 4.79 Å². The summed E-state index contributed by atoms with van der Waals surface area (Å²) in [7, 11) is -7.96. The number of hydrogen-bond donors (Lipinski definition) is 0. The molecule has 1 amide bonds. The SMILES string of the molecule is COC(c1ccc(C2(S(=O)(=O)c3ccc(F)cc3)CCN(C(=O)C3CCS(=O)(=O)CC3)C2)cc1F)(C(F)(F)F)C(F)(F)F. The highest BCUT2D eigenvalue weighted by atomic mass is 32.2. The van der Waals surface area contributed by atoms with E-state index in [9.17, 15) is 52.4 Å². The fourth-order valence-corrected chi connectivity index (χ4v) is 9.27. The number of rotatable bonds is 6. The lowest BCUT2D eigenvalue weighted by molar-refractivity contribution is -0.384. The molecule has 0 saturated carbocycles. The molecule has 0 aliphatic carbocycles. The van der Waals surface area contributed by atoms with E-state index in [0.29, 0.717) is 6.07 Å². The predicted molar refractivity (Wildman–Crippen MR) is 135 cm³/mol. The van der Waals surface area contributed by atoms with Gasteiger partial charge in [0, 0.05) is 31.7 Å². The number of likely N-dealkylation sites (tertiary alicyclic amines) is 1. The Balaban J connectivity index is 1.84. The maximum Gasteiger partial charge on any atom is 0.430 e. The maximum atomic E-state index is 15.4. The summed E-state index contributed by atoms with van der Waals surface area (Å²) in [6, 6.07) is 4.38. The summed E-state index contributed by atoms with van der Waals surface area (Å²) in [5.74, 6) is -4.81. The molecule has 0 bridgehead atoms. The molecule has 0 aromatic heterocycles. The first kappa shape index (κ1) is 33.1. The van der Waals surface area contributed by atoms with Gasteiger partial charge in [-0.05, 0) is 55.2 Å². The van der Waals surface area contributed by atoms with E-state index in [1.54, 1.807) is 0 Å². The molecule has 4 rings (SSSR count). The van der Waals surface area contributed by atoms with Crippen molar-refractivity contribution < 1.29 is 61.5 Å². The minimum atomic E-state index is -6.18. The molecule has 2 aromatic rings. The van der Waals surface area contributed by atoms with Crippen LogP contribution in [0.5, 0.6) is 0 Å². The number of carbonyl (C=O) groups is 1. The van der Waals surface area contributed by atoms with Gasteiger partial charge in [0.2, 0.25) is 5.91 Å². The van der Waals surface area contributed by atoms with Crippen LogP contribution in [0.25, 0.3) is 0 Å². The quantitative estimate of drug-likeness (QED) is 0.330. The first-order valence-electron chi connectivity index (χ1n) is 12.7. The van der Waals surface area contributed by atoms with Gasteiger partial charge in [0.1, 0.15) is 26.2 Å². The summed E-state index contributed by atoms with van der Waals surface area (Å²) in [5, 5.41) is 0. The lowest BCUT2D eigenvalue weighted by atomic mass is 9.88. The molecule has 2 heterocycles. The molecule has 17 heteroatoms. The molecule has 1 unspecified atom stereocenters. The van der Waals surface area contributed by atoms with Crippen LogP contribution in [0.3, 0.4) is 0 Å².